The summed E-state index contributed by atoms with van der Waals surface area (Å²) in [5.41, 5.74) is 13.3. The fourth-order valence-electron chi connectivity index (χ4n) is 3.76. The van der Waals surface area contributed by atoms with Gasteiger partial charge in [0.05, 0.1) is 18.0 Å². The highest BCUT2D eigenvalue weighted by Gasteiger charge is 2.38. The van der Waals surface area contributed by atoms with Gasteiger partial charge < -0.3 is 11.5 Å². The minimum Gasteiger partial charge on any atom is -0.365 e. The number of halogens is 2. The Morgan fingerprint density at radius 3 is 2.82 bits per heavy atom. The molecule has 28 heavy (non-hydrogen) atoms. The normalized spacial score (nSPS) is 17.7. The summed E-state index contributed by atoms with van der Waals surface area (Å²) in [6.07, 6.45) is 1.25. The Morgan fingerprint density at radius 2 is 2.14 bits per heavy atom. The molecule has 0 spiro atoms. The number of benzene rings is 1. The van der Waals surface area contributed by atoms with Gasteiger partial charge in [0.1, 0.15) is 10.8 Å². The summed E-state index contributed by atoms with van der Waals surface area (Å²) in [6, 6.07) is 3.83. The molecule has 7 nitrogen and oxygen atoms in total. The fraction of sp³-hybridized carbons (Fsp3) is 0.278. The number of hydrogen-bond donors (Lipinski definition) is 3. The van der Waals surface area contributed by atoms with Crippen molar-refractivity contribution in [3.8, 4) is 0 Å². The van der Waals surface area contributed by atoms with Gasteiger partial charge in [-0.3, -0.25) is 15.1 Å². The first-order chi connectivity index (χ1) is 13.3. The monoisotopic (exact) mass is 421 g/mol. The first kappa shape index (κ1) is 18.7. The van der Waals surface area contributed by atoms with Crippen LogP contribution in [0.15, 0.2) is 23.3 Å². The Bertz CT molecular complexity index is 1000. The number of anilines is 1. The number of amides is 3. The average molecular weight is 422 g/mol. The molecule has 3 amide bonds. The summed E-state index contributed by atoms with van der Waals surface area (Å²) >= 11 is 7.42. The number of hydrazone groups is 1. The minimum atomic E-state index is -0.753. The predicted molar refractivity (Wildman–Crippen MR) is 106 cm³/mol. The van der Waals surface area contributed by atoms with E-state index < -0.39 is 11.9 Å². The molecule has 1 unspecified atom stereocenters. The molecule has 1 aromatic carbocycles. The third-order valence-electron chi connectivity index (χ3n) is 4.94. The first-order valence-corrected chi connectivity index (χ1v) is 9.81. The van der Waals surface area contributed by atoms with Crippen molar-refractivity contribution in [1.82, 2.24) is 5.01 Å². The molecule has 0 fully saturated rings. The maximum atomic E-state index is 14.1. The molecule has 10 heteroatoms. The van der Waals surface area contributed by atoms with Gasteiger partial charge in [-0.2, -0.15) is 5.10 Å². The lowest BCUT2D eigenvalue weighted by Crippen LogP contribution is -2.24. The van der Waals surface area contributed by atoms with Crippen LogP contribution in [0.5, 0.6) is 0 Å². The third kappa shape index (κ3) is 3.20. The summed E-state index contributed by atoms with van der Waals surface area (Å²) in [7, 11) is 0. The van der Waals surface area contributed by atoms with Crippen LogP contribution in [0.1, 0.15) is 38.7 Å². The van der Waals surface area contributed by atoms with Crippen LogP contribution in [0, 0.1) is 5.82 Å². The molecule has 146 valence electrons. The fourth-order valence-corrected chi connectivity index (χ4v) is 5.36. The molecule has 2 aromatic rings. The number of nitrogens with two attached hydrogens (primary N) is 2. The van der Waals surface area contributed by atoms with E-state index in [2.05, 4.69) is 10.4 Å². The summed E-state index contributed by atoms with van der Waals surface area (Å²) in [5.74, 6) is -1.02. The quantitative estimate of drug-likeness (QED) is 0.704. The van der Waals surface area contributed by atoms with Gasteiger partial charge in [-0.05, 0) is 30.5 Å². The molecule has 1 atom stereocenters. The van der Waals surface area contributed by atoms with Crippen molar-refractivity contribution in [3.05, 3.63) is 50.6 Å². The van der Waals surface area contributed by atoms with Crippen molar-refractivity contribution in [1.29, 1.82) is 0 Å². The van der Waals surface area contributed by atoms with E-state index in [1.54, 1.807) is 17.1 Å². The molecule has 0 saturated carbocycles. The van der Waals surface area contributed by atoms with Crippen LogP contribution in [0.2, 0.25) is 5.02 Å². The number of thiophene rings is 1. The van der Waals surface area contributed by atoms with Gasteiger partial charge in [0, 0.05) is 27.7 Å². The Labute approximate surface area is 169 Å². The molecule has 0 saturated heterocycles. The SMILES string of the molecule is NC(=O)Nc1sc2c(c1C(N)=O)CCC1=NN(Cc3c(F)cccc3Cl)CC12. The second-order valence-electron chi connectivity index (χ2n) is 6.69. The largest absolute Gasteiger partial charge is 0.365 e. The minimum absolute atomic E-state index is 0.0409. The van der Waals surface area contributed by atoms with Gasteiger partial charge in [0.15, 0.2) is 0 Å². The van der Waals surface area contributed by atoms with Gasteiger partial charge >= 0.3 is 6.03 Å². The second kappa shape index (κ2) is 7.06. The van der Waals surface area contributed by atoms with Gasteiger partial charge in [0.2, 0.25) is 0 Å². The number of carbonyl (C=O) groups is 2. The zero-order valence-corrected chi connectivity index (χ0v) is 16.2. The zero-order chi connectivity index (χ0) is 20.0. The molecule has 1 aromatic heterocycles. The standard InChI is InChI=1S/C18H17ClFN5O2S/c19-11-2-1-3-12(20)9(11)6-25-7-10-13(24-25)5-4-8-14(16(21)26)17(23-18(22)27)28-15(8)10/h1-3,10H,4-7H2,(H2,21,26)(H3,22,23,27). The van der Waals surface area contributed by atoms with Crippen LogP contribution >= 0.6 is 22.9 Å². The van der Waals surface area contributed by atoms with Crippen LogP contribution in [-0.4, -0.2) is 29.2 Å². The van der Waals surface area contributed by atoms with E-state index in [1.165, 1.54) is 17.4 Å². The number of urea groups is 1. The molecule has 4 rings (SSSR count). The summed E-state index contributed by atoms with van der Waals surface area (Å²) < 4.78 is 14.1. The van der Waals surface area contributed by atoms with E-state index >= 15 is 0 Å². The van der Waals surface area contributed by atoms with Crippen LogP contribution in [0.3, 0.4) is 0 Å². The second-order valence-corrected chi connectivity index (χ2v) is 8.15. The van der Waals surface area contributed by atoms with Crippen LogP contribution in [-0.2, 0) is 13.0 Å². The maximum Gasteiger partial charge on any atom is 0.317 e. The summed E-state index contributed by atoms with van der Waals surface area (Å²) in [4.78, 5) is 24.2. The lowest BCUT2D eigenvalue weighted by molar-refractivity contribution is 0.100. The van der Waals surface area contributed by atoms with E-state index in [0.717, 1.165) is 16.2 Å². The van der Waals surface area contributed by atoms with Crippen LogP contribution < -0.4 is 16.8 Å². The molecule has 0 bridgehead atoms. The Hall–Kier alpha value is -2.65. The van der Waals surface area contributed by atoms with Crippen LogP contribution in [0.4, 0.5) is 14.2 Å². The zero-order valence-electron chi connectivity index (χ0n) is 14.7. The van der Waals surface area contributed by atoms with Crippen molar-refractivity contribution in [2.24, 2.45) is 16.6 Å². The number of fused-ring (bicyclic) bond motifs is 3. The number of carbonyl (C=O) groups excluding carboxylic acids is 2. The molecule has 1 aliphatic heterocycles. The Kier molecular flexibility index (Phi) is 4.72. The highest BCUT2D eigenvalue weighted by atomic mass is 35.5. The summed E-state index contributed by atoms with van der Waals surface area (Å²) in [6.45, 7) is 0.781. The lowest BCUT2D eigenvalue weighted by atomic mass is 9.86. The Balaban J connectivity index is 1.64. The number of nitrogens with one attached hydrogen (secondary N) is 1. The van der Waals surface area contributed by atoms with Gasteiger partial charge in [-0.1, -0.05) is 17.7 Å². The number of nitrogens with zero attached hydrogens (tertiary/aromatic N) is 2. The van der Waals surface area contributed by atoms with Gasteiger partial charge in [0.25, 0.3) is 5.91 Å². The van der Waals surface area contributed by atoms with Crippen molar-refractivity contribution < 1.29 is 14.0 Å². The molecular formula is C18H17ClFN5O2S. The van der Waals surface area contributed by atoms with E-state index in [1.807, 2.05) is 0 Å². The van der Waals surface area contributed by atoms with E-state index in [4.69, 9.17) is 23.1 Å². The predicted octanol–water partition coefficient (Wildman–Crippen LogP) is 3.03. The molecule has 0 radical (unpaired) electrons. The third-order valence-corrected chi connectivity index (χ3v) is 6.55. The number of rotatable bonds is 4. The van der Waals surface area contributed by atoms with Gasteiger partial charge in [-0.25, -0.2) is 9.18 Å². The van der Waals surface area contributed by atoms with Crippen LogP contribution in [0.25, 0.3) is 0 Å². The molecule has 1 aliphatic carbocycles. The van der Waals surface area contributed by atoms with E-state index in [9.17, 15) is 14.0 Å². The van der Waals surface area contributed by atoms with Crippen molar-refractivity contribution in [2.75, 3.05) is 11.9 Å². The highest BCUT2D eigenvalue weighted by molar-refractivity contribution is 7.17. The molecule has 5 N–H and O–H groups in total. The maximum absolute atomic E-state index is 14.1. The topological polar surface area (TPSA) is 114 Å². The van der Waals surface area contributed by atoms with Crippen molar-refractivity contribution in [3.63, 3.8) is 0 Å². The highest BCUT2D eigenvalue weighted by Crippen LogP contribution is 2.44. The van der Waals surface area contributed by atoms with Crippen molar-refractivity contribution in [2.45, 2.75) is 25.3 Å². The number of hydrogen-bond acceptors (Lipinski definition) is 5. The summed E-state index contributed by atoms with van der Waals surface area (Å²) in [5, 5.41) is 9.63. The molecular weight excluding hydrogens is 405 g/mol. The molecule has 2 aliphatic rings. The van der Waals surface area contributed by atoms with E-state index in [0.29, 0.717) is 40.5 Å². The number of primary amides is 2. The lowest BCUT2D eigenvalue weighted by Gasteiger charge is -2.20. The smallest absolute Gasteiger partial charge is 0.317 e. The van der Waals surface area contributed by atoms with E-state index in [-0.39, 0.29) is 18.3 Å². The van der Waals surface area contributed by atoms with Crippen molar-refractivity contribution >= 4 is 45.6 Å². The average Bonchev–Trinajstić information content (AvgIpc) is 3.17. The van der Waals surface area contributed by atoms with Gasteiger partial charge in [-0.15, -0.1) is 11.3 Å². The first-order valence-electron chi connectivity index (χ1n) is 8.62. The Morgan fingerprint density at radius 1 is 1.36 bits per heavy atom. The molecule has 2 heterocycles.